The first-order chi connectivity index (χ1) is 16.1. The summed E-state index contributed by atoms with van der Waals surface area (Å²) in [5.41, 5.74) is 4.74. The second-order valence-electron chi connectivity index (χ2n) is 9.52. The van der Waals surface area contributed by atoms with E-state index < -0.39 is 6.09 Å². The van der Waals surface area contributed by atoms with Gasteiger partial charge in [-0.15, -0.1) is 0 Å². The van der Waals surface area contributed by atoms with Crippen LogP contribution in [-0.2, 0) is 22.4 Å². The Morgan fingerprint density at radius 2 is 1.88 bits per heavy atom. The number of methoxy groups -OCH3 is 1. The number of piperazine rings is 1. The molecule has 3 heterocycles. The highest BCUT2D eigenvalue weighted by molar-refractivity contribution is 6.03. The van der Waals surface area contributed by atoms with Gasteiger partial charge in [0.1, 0.15) is 25.7 Å². The van der Waals surface area contributed by atoms with E-state index in [1.54, 1.807) is 9.80 Å². The maximum atomic E-state index is 13.7. The number of rotatable bonds is 4. The molecule has 2 aromatic rings. The third-order valence-corrected chi connectivity index (χ3v) is 7.56. The molecule has 3 atom stereocenters. The van der Waals surface area contributed by atoms with Gasteiger partial charge in [-0.1, -0.05) is 24.3 Å². The van der Waals surface area contributed by atoms with Crippen molar-refractivity contribution in [2.75, 3.05) is 50.1 Å². The van der Waals surface area contributed by atoms with Crippen LogP contribution in [0, 0.1) is 0 Å². The van der Waals surface area contributed by atoms with Crippen molar-refractivity contribution in [3.05, 3.63) is 53.6 Å². The maximum absolute atomic E-state index is 13.7. The number of carbonyl (C=O) groups is 2. The van der Waals surface area contributed by atoms with E-state index in [-0.39, 0.29) is 5.91 Å². The number of hydrogen-bond acceptors (Lipinski definition) is 3. The minimum atomic E-state index is -0.515. The standard InChI is InChI=1S/C26H32N4O3/c1-33-26(32)27-21-11-10-20-9-8-19-5-2-3-7-23(19)30(24(20)17-21)25(31)12-14-28-15-16-29-13-4-6-22(29)18-28/h2-3,5,7,10-11,17,22H,4,6,8-9,12-16,18H2,1H3,(H,27,32)/p+2. The van der Waals surface area contributed by atoms with Crippen molar-refractivity contribution < 1.29 is 24.1 Å². The smallest absolute Gasteiger partial charge is 0.411 e. The number of carbonyl (C=O) groups excluding carboxylic acids is 2. The molecule has 174 valence electrons. The number of benzene rings is 2. The number of para-hydroxylation sites is 1. The second kappa shape index (κ2) is 9.53. The van der Waals surface area contributed by atoms with Crippen LogP contribution in [-0.4, -0.2) is 57.9 Å². The number of aryl methyl sites for hydroxylation is 2. The van der Waals surface area contributed by atoms with Crippen molar-refractivity contribution in [2.24, 2.45) is 0 Å². The molecule has 3 N–H and O–H groups in total. The number of fused-ring (bicyclic) bond motifs is 3. The van der Waals surface area contributed by atoms with Gasteiger partial charge < -0.3 is 14.5 Å². The van der Waals surface area contributed by atoms with Crippen LogP contribution in [0.5, 0.6) is 0 Å². The van der Waals surface area contributed by atoms with Crippen molar-refractivity contribution in [3.8, 4) is 0 Å². The molecule has 5 rings (SSSR count). The summed E-state index contributed by atoms with van der Waals surface area (Å²) < 4.78 is 4.75. The SMILES string of the molecule is COC(=O)Nc1ccc2c(c1)N(C(=O)CC[NH+]1CC[NH+]3CCCC3C1)c1ccccc1CC2. The molecule has 0 bridgehead atoms. The van der Waals surface area contributed by atoms with Gasteiger partial charge >= 0.3 is 6.09 Å². The summed E-state index contributed by atoms with van der Waals surface area (Å²) in [6.07, 6.45) is 4.41. The number of amides is 2. The van der Waals surface area contributed by atoms with Gasteiger partial charge in [-0.05, 0) is 42.2 Å². The fraction of sp³-hybridized carbons (Fsp3) is 0.462. The molecule has 0 aliphatic carbocycles. The van der Waals surface area contributed by atoms with Crippen molar-refractivity contribution in [1.29, 1.82) is 0 Å². The molecule has 2 amide bonds. The fourth-order valence-corrected chi connectivity index (χ4v) is 5.81. The van der Waals surface area contributed by atoms with E-state index in [0.29, 0.717) is 12.1 Å². The van der Waals surface area contributed by atoms with Crippen molar-refractivity contribution in [1.82, 2.24) is 0 Å². The monoisotopic (exact) mass is 450 g/mol. The Balaban J connectivity index is 1.39. The molecule has 0 radical (unpaired) electrons. The molecule has 2 saturated heterocycles. The highest BCUT2D eigenvalue weighted by Gasteiger charge is 2.37. The Morgan fingerprint density at radius 3 is 2.73 bits per heavy atom. The largest absolute Gasteiger partial charge is 0.453 e. The molecular weight excluding hydrogens is 416 g/mol. The summed E-state index contributed by atoms with van der Waals surface area (Å²) in [6.45, 7) is 5.76. The number of quaternary nitrogens is 2. The van der Waals surface area contributed by atoms with Crippen molar-refractivity contribution in [3.63, 3.8) is 0 Å². The van der Waals surface area contributed by atoms with Crippen LogP contribution in [0.1, 0.15) is 30.4 Å². The average molecular weight is 451 g/mol. The molecule has 33 heavy (non-hydrogen) atoms. The molecule has 3 unspecified atom stereocenters. The van der Waals surface area contributed by atoms with Gasteiger partial charge in [0.05, 0.1) is 38.0 Å². The number of anilines is 3. The van der Waals surface area contributed by atoms with E-state index in [9.17, 15) is 9.59 Å². The molecule has 0 aromatic heterocycles. The van der Waals surface area contributed by atoms with E-state index in [1.807, 2.05) is 41.3 Å². The Kier molecular flexibility index (Phi) is 6.33. The van der Waals surface area contributed by atoms with Crippen LogP contribution in [0.25, 0.3) is 0 Å². The first-order valence-corrected chi connectivity index (χ1v) is 12.2. The van der Waals surface area contributed by atoms with Crippen LogP contribution in [0.15, 0.2) is 42.5 Å². The minimum Gasteiger partial charge on any atom is -0.453 e. The average Bonchev–Trinajstić information content (AvgIpc) is 3.24. The van der Waals surface area contributed by atoms with Crippen molar-refractivity contribution in [2.45, 2.75) is 38.1 Å². The summed E-state index contributed by atoms with van der Waals surface area (Å²) in [5, 5.41) is 2.75. The third-order valence-electron chi connectivity index (χ3n) is 7.56. The Labute approximate surface area is 195 Å². The summed E-state index contributed by atoms with van der Waals surface area (Å²) >= 11 is 0. The van der Waals surface area contributed by atoms with Gasteiger partial charge in [-0.3, -0.25) is 15.0 Å². The zero-order chi connectivity index (χ0) is 22.8. The van der Waals surface area contributed by atoms with Gasteiger partial charge in [0.25, 0.3) is 0 Å². The Morgan fingerprint density at radius 1 is 1.06 bits per heavy atom. The van der Waals surface area contributed by atoms with E-state index in [1.165, 1.54) is 45.1 Å². The summed E-state index contributed by atoms with van der Waals surface area (Å²) in [5.74, 6) is 0.120. The van der Waals surface area contributed by atoms with Gasteiger partial charge in [0, 0.05) is 18.5 Å². The highest BCUT2D eigenvalue weighted by Crippen LogP contribution is 2.38. The predicted molar refractivity (Wildman–Crippen MR) is 127 cm³/mol. The van der Waals surface area contributed by atoms with Gasteiger partial charge in [-0.25, -0.2) is 4.79 Å². The van der Waals surface area contributed by atoms with Crippen LogP contribution in [0.3, 0.4) is 0 Å². The molecule has 3 aliphatic rings. The van der Waals surface area contributed by atoms with Crippen molar-refractivity contribution >= 4 is 29.1 Å². The highest BCUT2D eigenvalue weighted by atomic mass is 16.5. The summed E-state index contributed by atoms with van der Waals surface area (Å²) in [6, 6.07) is 14.7. The Bertz CT molecular complexity index is 1040. The molecule has 0 saturated carbocycles. The lowest BCUT2D eigenvalue weighted by molar-refractivity contribution is -1.02. The molecule has 7 nitrogen and oxygen atoms in total. The molecule has 3 aliphatic heterocycles. The minimum absolute atomic E-state index is 0.120. The Hall–Kier alpha value is -2.90. The molecule has 2 aromatic carbocycles. The lowest BCUT2D eigenvalue weighted by Crippen LogP contribution is -3.29. The quantitative estimate of drug-likeness (QED) is 0.650. The normalized spacial score (nSPS) is 23.7. The number of nitrogens with zero attached hydrogens (tertiary/aromatic N) is 1. The van der Waals surface area contributed by atoms with Gasteiger partial charge in [0.2, 0.25) is 5.91 Å². The second-order valence-corrected chi connectivity index (χ2v) is 9.52. The van der Waals surface area contributed by atoms with Crippen LogP contribution >= 0.6 is 0 Å². The number of hydrogen-bond donors (Lipinski definition) is 3. The lowest BCUT2D eigenvalue weighted by Gasteiger charge is -2.32. The van der Waals surface area contributed by atoms with Crippen LogP contribution < -0.4 is 20.0 Å². The summed E-state index contributed by atoms with van der Waals surface area (Å²) in [7, 11) is 1.35. The topological polar surface area (TPSA) is 67.5 Å². The van der Waals surface area contributed by atoms with Crippen LogP contribution in [0.4, 0.5) is 21.9 Å². The summed E-state index contributed by atoms with van der Waals surface area (Å²) in [4.78, 5) is 30.7. The maximum Gasteiger partial charge on any atom is 0.411 e. The lowest BCUT2D eigenvalue weighted by atomic mass is 10.0. The number of ether oxygens (including phenoxy) is 1. The number of nitrogens with one attached hydrogen (secondary N) is 3. The zero-order valence-electron chi connectivity index (χ0n) is 19.4. The first-order valence-electron chi connectivity index (χ1n) is 12.2. The molecule has 0 spiro atoms. The van der Waals surface area contributed by atoms with Gasteiger partial charge in [-0.2, -0.15) is 0 Å². The molecule has 7 heteroatoms. The van der Waals surface area contributed by atoms with Crippen LogP contribution in [0.2, 0.25) is 0 Å². The molecule has 2 fully saturated rings. The van der Waals surface area contributed by atoms with E-state index in [4.69, 9.17) is 4.74 Å². The fourth-order valence-electron chi connectivity index (χ4n) is 5.81. The zero-order valence-corrected chi connectivity index (χ0v) is 19.4. The third kappa shape index (κ3) is 4.61. The van der Waals surface area contributed by atoms with E-state index in [0.717, 1.165) is 48.9 Å². The molecular formula is C26H34N4O3+2. The first kappa shape index (κ1) is 21.9. The predicted octanol–water partition coefficient (Wildman–Crippen LogP) is 0.964. The van der Waals surface area contributed by atoms with Gasteiger partial charge in [0.15, 0.2) is 0 Å². The van der Waals surface area contributed by atoms with E-state index in [2.05, 4.69) is 11.4 Å². The van der Waals surface area contributed by atoms with E-state index >= 15 is 0 Å².